The summed E-state index contributed by atoms with van der Waals surface area (Å²) in [5.41, 5.74) is 1.18. The molecule has 0 aliphatic carbocycles. The quantitative estimate of drug-likeness (QED) is 0.586. The zero-order valence-corrected chi connectivity index (χ0v) is 17.2. The Bertz CT molecular complexity index is 1150. The Hall–Kier alpha value is -3.39. The summed E-state index contributed by atoms with van der Waals surface area (Å²) in [5, 5.41) is 2.68. The molecule has 3 aromatic rings. The smallest absolute Gasteiger partial charge is 0.265 e. The molecule has 0 aromatic heterocycles. The third kappa shape index (κ3) is 5.15. The summed E-state index contributed by atoms with van der Waals surface area (Å²) in [4.78, 5) is 12.3. The highest BCUT2D eigenvalue weighted by atomic mass is 32.2. The van der Waals surface area contributed by atoms with Crippen LogP contribution in [-0.4, -0.2) is 20.4 Å². The average Bonchev–Trinajstić information content (AvgIpc) is 2.71. The number of nitrogens with one attached hydrogen (secondary N) is 2. The van der Waals surface area contributed by atoms with Crippen molar-refractivity contribution in [3.05, 3.63) is 84.2 Å². The van der Waals surface area contributed by atoms with E-state index >= 15 is 0 Å². The first-order valence-corrected chi connectivity index (χ1v) is 10.6. The Morgan fingerprint density at radius 1 is 0.967 bits per heavy atom. The fraction of sp³-hybridized carbons (Fsp3) is 0.136. The van der Waals surface area contributed by atoms with Gasteiger partial charge in [-0.25, -0.2) is 12.8 Å². The molecule has 2 N–H and O–H groups in total. The Morgan fingerprint density at radius 3 is 2.27 bits per heavy atom. The van der Waals surface area contributed by atoms with Crippen molar-refractivity contribution in [1.29, 1.82) is 0 Å². The zero-order chi connectivity index (χ0) is 21.7. The van der Waals surface area contributed by atoms with E-state index in [4.69, 9.17) is 4.74 Å². The summed E-state index contributed by atoms with van der Waals surface area (Å²) in [7, 11) is -3.97. The van der Waals surface area contributed by atoms with Gasteiger partial charge in [0.2, 0.25) is 0 Å². The number of hydrogen-bond acceptors (Lipinski definition) is 4. The molecule has 0 heterocycles. The van der Waals surface area contributed by atoms with Crippen LogP contribution in [0.2, 0.25) is 0 Å². The van der Waals surface area contributed by atoms with Gasteiger partial charge in [0.05, 0.1) is 10.6 Å². The van der Waals surface area contributed by atoms with Crippen LogP contribution in [0.4, 0.5) is 15.8 Å². The minimum absolute atomic E-state index is 0.0621. The molecule has 6 nitrogen and oxygen atoms in total. The van der Waals surface area contributed by atoms with E-state index in [1.54, 1.807) is 13.0 Å². The molecule has 156 valence electrons. The lowest BCUT2D eigenvalue weighted by atomic mass is 10.2. The fourth-order valence-corrected chi connectivity index (χ4v) is 3.71. The minimum atomic E-state index is -3.97. The maximum Gasteiger partial charge on any atom is 0.265 e. The molecule has 30 heavy (non-hydrogen) atoms. The van der Waals surface area contributed by atoms with Crippen LogP contribution in [0.25, 0.3) is 0 Å². The lowest BCUT2D eigenvalue weighted by molar-refractivity contribution is -0.122. The number of amides is 1. The highest BCUT2D eigenvalue weighted by Crippen LogP contribution is 2.21. The van der Waals surface area contributed by atoms with Crippen LogP contribution < -0.4 is 14.8 Å². The van der Waals surface area contributed by atoms with E-state index in [0.717, 1.165) is 11.6 Å². The third-order valence-electron chi connectivity index (χ3n) is 4.32. The molecule has 8 heteroatoms. The van der Waals surface area contributed by atoms with Crippen LogP contribution in [0, 0.1) is 12.7 Å². The van der Waals surface area contributed by atoms with E-state index in [1.165, 1.54) is 42.5 Å². The summed E-state index contributed by atoms with van der Waals surface area (Å²) < 4.78 is 46.5. The van der Waals surface area contributed by atoms with Gasteiger partial charge in [0.15, 0.2) is 6.10 Å². The van der Waals surface area contributed by atoms with E-state index < -0.39 is 21.9 Å². The van der Waals surface area contributed by atoms with Crippen molar-refractivity contribution in [2.75, 3.05) is 10.0 Å². The molecule has 0 aliphatic rings. The summed E-state index contributed by atoms with van der Waals surface area (Å²) in [6.45, 7) is 3.51. The summed E-state index contributed by atoms with van der Waals surface area (Å²) >= 11 is 0. The molecule has 1 amide bonds. The van der Waals surface area contributed by atoms with Crippen molar-refractivity contribution in [3.8, 4) is 5.75 Å². The van der Waals surface area contributed by atoms with Gasteiger partial charge in [-0.05, 0) is 61.9 Å². The molecule has 0 unspecified atom stereocenters. The fourth-order valence-electron chi connectivity index (χ4n) is 2.64. The average molecular weight is 428 g/mol. The number of carbonyl (C=O) groups is 1. The first-order valence-electron chi connectivity index (χ1n) is 9.17. The number of anilines is 2. The van der Waals surface area contributed by atoms with Crippen molar-refractivity contribution in [2.45, 2.75) is 24.8 Å². The molecule has 0 bridgehead atoms. The normalized spacial score (nSPS) is 12.1. The van der Waals surface area contributed by atoms with Crippen molar-refractivity contribution in [3.63, 3.8) is 0 Å². The number of benzene rings is 3. The van der Waals surface area contributed by atoms with Crippen LogP contribution in [0.1, 0.15) is 12.5 Å². The molecule has 1 atom stereocenters. The minimum Gasteiger partial charge on any atom is -0.481 e. The summed E-state index contributed by atoms with van der Waals surface area (Å²) in [6.07, 6.45) is -0.753. The van der Waals surface area contributed by atoms with Gasteiger partial charge >= 0.3 is 0 Å². The Morgan fingerprint density at radius 2 is 1.60 bits per heavy atom. The second-order valence-electron chi connectivity index (χ2n) is 6.62. The van der Waals surface area contributed by atoms with E-state index in [9.17, 15) is 17.6 Å². The van der Waals surface area contributed by atoms with Gasteiger partial charge in [-0.2, -0.15) is 0 Å². The van der Waals surface area contributed by atoms with E-state index in [1.807, 2.05) is 25.1 Å². The predicted molar refractivity (Wildman–Crippen MR) is 114 cm³/mol. The number of aryl methyl sites for hydroxylation is 1. The molecule has 0 spiro atoms. The first-order chi connectivity index (χ1) is 14.3. The zero-order valence-electron chi connectivity index (χ0n) is 16.4. The number of ether oxygens (including phenoxy) is 1. The molecule has 0 saturated carbocycles. The molecular formula is C22H21FN2O4S. The molecule has 0 aliphatic heterocycles. The van der Waals surface area contributed by atoms with Gasteiger partial charge in [0.1, 0.15) is 11.6 Å². The van der Waals surface area contributed by atoms with E-state index in [2.05, 4.69) is 10.0 Å². The lowest BCUT2D eigenvalue weighted by Gasteiger charge is -2.16. The highest BCUT2D eigenvalue weighted by Gasteiger charge is 2.18. The molecule has 0 saturated heterocycles. The van der Waals surface area contributed by atoms with Crippen molar-refractivity contribution in [1.82, 2.24) is 0 Å². The Labute approximate surface area is 174 Å². The molecule has 3 rings (SSSR count). The van der Waals surface area contributed by atoms with Gasteiger partial charge in [-0.1, -0.05) is 30.3 Å². The van der Waals surface area contributed by atoms with Crippen LogP contribution in [0.5, 0.6) is 5.75 Å². The second-order valence-corrected chi connectivity index (χ2v) is 8.31. The van der Waals surface area contributed by atoms with Crippen molar-refractivity contribution >= 4 is 27.3 Å². The third-order valence-corrected chi connectivity index (χ3v) is 5.70. The highest BCUT2D eigenvalue weighted by molar-refractivity contribution is 7.92. The molecule has 0 fully saturated rings. The molecule has 3 aromatic carbocycles. The van der Waals surface area contributed by atoms with Gasteiger partial charge in [0, 0.05) is 5.69 Å². The maximum atomic E-state index is 13.7. The number of hydrogen-bond donors (Lipinski definition) is 2. The SMILES string of the molecule is Cc1ccccc1O[C@H](C)C(=O)Nc1ccc(S(=O)(=O)Nc2ccccc2F)cc1. The number of para-hydroxylation sites is 2. The molecular weight excluding hydrogens is 407 g/mol. The Kier molecular flexibility index (Phi) is 6.37. The topological polar surface area (TPSA) is 84.5 Å². The lowest BCUT2D eigenvalue weighted by Crippen LogP contribution is -2.30. The van der Waals surface area contributed by atoms with Crippen LogP contribution >= 0.6 is 0 Å². The maximum absolute atomic E-state index is 13.7. The first kappa shape index (κ1) is 21.3. The number of rotatable bonds is 7. The Balaban J connectivity index is 1.66. The van der Waals surface area contributed by atoms with Crippen LogP contribution in [0.3, 0.4) is 0 Å². The second kappa shape index (κ2) is 8.96. The van der Waals surface area contributed by atoms with Gasteiger partial charge < -0.3 is 10.1 Å². The van der Waals surface area contributed by atoms with Gasteiger partial charge in [-0.3, -0.25) is 9.52 Å². The standard InChI is InChI=1S/C22H21FN2O4S/c1-15-7-3-6-10-21(15)29-16(2)22(26)24-17-11-13-18(14-12-17)30(27,28)25-20-9-5-4-8-19(20)23/h3-14,16,25H,1-2H3,(H,24,26)/t16-/m1/s1. The summed E-state index contributed by atoms with van der Waals surface area (Å²) in [6, 6.07) is 18.4. The number of halogens is 1. The number of sulfonamides is 1. The van der Waals surface area contributed by atoms with E-state index in [-0.39, 0.29) is 16.5 Å². The predicted octanol–water partition coefficient (Wildman–Crippen LogP) is 4.34. The number of carbonyl (C=O) groups excluding carboxylic acids is 1. The van der Waals surface area contributed by atoms with Gasteiger partial charge in [-0.15, -0.1) is 0 Å². The van der Waals surface area contributed by atoms with Crippen LogP contribution in [0.15, 0.2) is 77.7 Å². The largest absolute Gasteiger partial charge is 0.481 e. The van der Waals surface area contributed by atoms with E-state index in [0.29, 0.717) is 11.4 Å². The summed E-state index contributed by atoms with van der Waals surface area (Å²) in [5.74, 6) is -0.438. The van der Waals surface area contributed by atoms with Gasteiger partial charge in [0.25, 0.3) is 15.9 Å². The van der Waals surface area contributed by atoms with Crippen LogP contribution in [-0.2, 0) is 14.8 Å². The molecule has 0 radical (unpaired) electrons. The van der Waals surface area contributed by atoms with Crippen molar-refractivity contribution in [2.24, 2.45) is 0 Å². The van der Waals surface area contributed by atoms with Crippen molar-refractivity contribution < 1.29 is 22.3 Å². The monoisotopic (exact) mass is 428 g/mol.